The van der Waals surface area contributed by atoms with Crippen LogP contribution in [0.25, 0.3) is 10.9 Å². The first kappa shape index (κ1) is 15.8. The third kappa shape index (κ3) is 2.34. The maximum Gasteiger partial charge on any atom is 0.0975 e. The van der Waals surface area contributed by atoms with Crippen molar-refractivity contribution in [3.63, 3.8) is 0 Å². The molecular formula is C18H17N5O. The van der Waals surface area contributed by atoms with Crippen molar-refractivity contribution < 1.29 is 5.11 Å². The smallest absolute Gasteiger partial charge is 0.0975 e. The van der Waals surface area contributed by atoms with E-state index < -0.39 is 5.92 Å². The summed E-state index contributed by atoms with van der Waals surface area (Å²) in [5.41, 5.74) is 4.43. The van der Waals surface area contributed by atoms with Crippen LogP contribution in [-0.4, -0.2) is 33.4 Å². The molecule has 0 aliphatic carbocycles. The number of hydrogen-bond donors (Lipinski definition) is 2. The lowest BCUT2D eigenvalue weighted by Crippen LogP contribution is -2.31. The van der Waals surface area contributed by atoms with E-state index in [1.165, 1.54) is 0 Å². The summed E-state index contributed by atoms with van der Waals surface area (Å²) < 4.78 is 0. The Morgan fingerprint density at radius 2 is 1.88 bits per heavy atom. The summed E-state index contributed by atoms with van der Waals surface area (Å²) in [5.74, 6) is -0.394. The van der Waals surface area contributed by atoms with Gasteiger partial charge >= 0.3 is 0 Å². The highest BCUT2D eigenvalue weighted by atomic mass is 16.3. The summed E-state index contributed by atoms with van der Waals surface area (Å²) in [6.45, 7) is 4.03. The van der Waals surface area contributed by atoms with Gasteiger partial charge in [0, 0.05) is 23.3 Å². The number of H-pyrrole nitrogens is 1. The summed E-state index contributed by atoms with van der Waals surface area (Å²) >= 11 is 0. The third-order valence-corrected chi connectivity index (χ3v) is 4.53. The minimum Gasteiger partial charge on any atom is -0.395 e. The molecule has 1 aliphatic rings. The third-order valence-electron chi connectivity index (χ3n) is 4.53. The van der Waals surface area contributed by atoms with Gasteiger partial charge in [-0.15, -0.1) is 0 Å². The van der Waals surface area contributed by atoms with Gasteiger partial charge in [0.1, 0.15) is 0 Å². The standard InChI is InChI=1S/C18H17N5O/c1-11-15(8-19)18(16(9-20)12(2)23(11)5-6-24)13-3-4-17-14(7-13)10-21-22-17/h3-4,7,10,18,24H,5-6H2,1-2H3,(H,21,22). The topological polar surface area (TPSA) is 99.7 Å². The van der Waals surface area contributed by atoms with E-state index >= 15 is 0 Å². The van der Waals surface area contributed by atoms with Crippen LogP contribution in [0.5, 0.6) is 0 Å². The Hall–Kier alpha value is -3.09. The number of β-amino-alcohol motifs (C(OH)–C–C–N with tert-alkyl or cyclic N) is 1. The Balaban J connectivity index is 2.20. The van der Waals surface area contributed by atoms with Gasteiger partial charge in [0.25, 0.3) is 0 Å². The van der Waals surface area contributed by atoms with E-state index in [4.69, 9.17) is 0 Å². The number of rotatable bonds is 3. The molecule has 6 heteroatoms. The van der Waals surface area contributed by atoms with Gasteiger partial charge in [-0.2, -0.15) is 15.6 Å². The molecular weight excluding hydrogens is 302 g/mol. The van der Waals surface area contributed by atoms with Gasteiger partial charge in [0.15, 0.2) is 0 Å². The lowest BCUT2D eigenvalue weighted by Gasteiger charge is -2.35. The van der Waals surface area contributed by atoms with Gasteiger partial charge in [-0.3, -0.25) is 5.10 Å². The van der Waals surface area contributed by atoms with Crippen molar-refractivity contribution in [3.05, 3.63) is 52.5 Å². The Bertz CT molecular complexity index is 900. The number of nitrogens with zero attached hydrogens (tertiary/aromatic N) is 4. The van der Waals surface area contributed by atoms with Crippen LogP contribution < -0.4 is 0 Å². The average molecular weight is 319 g/mol. The molecule has 0 saturated carbocycles. The predicted molar refractivity (Wildman–Crippen MR) is 89.3 cm³/mol. The highest BCUT2D eigenvalue weighted by molar-refractivity contribution is 5.79. The minimum absolute atomic E-state index is 0.0439. The first-order valence-electron chi connectivity index (χ1n) is 7.65. The zero-order valence-electron chi connectivity index (χ0n) is 13.5. The van der Waals surface area contributed by atoms with Gasteiger partial charge < -0.3 is 10.0 Å². The van der Waals surface area contributed by atoms with E-state index in [0.717, 1.165) is 27.9 Å². The van der Waals surface area contributed by atoms with Crippen LogP contribution in [-0.2, 0) is 0 Å². The number of aliphatic hydroxyl groups excluding tert-OH is 1. The Labute approximate surface area is 139 Å². The fraction of sp³-hybridized carbons (Fsp3) is 0.278. The molecule has 0 spiro atoms. The van der Waals surface area contributed by atoms with Crippen molar-refractivity contribution in [1.82, 2.24) is 15.1 Å². The Morgan fingerprint density at radius 1 is 1.21 bits per heavy atom. The molecule has 1 aromatic heterocycles. The molecule has 0 amide bonds. The number of nitrogens with one attached hydrogen (secondary N) is 1. The van der Waals surface area contributed by atoms with Crippen LogP contribution >= 0.6 is 0 Å². The second kappa shape index (κ2) is 6.19. The number of aliphatic hydroxyl groups is 1. The molecule has 6 nitrogen and oxygen atoms in total. The monoisotopic (exact) mass is 319 g/mol. The molecule has 0 fully saturated rings. The Kier molecular flexibility index (Phi) is 4.07. The molecule has 2 aromatic rings. The molecule has 0 bridgehead atoms. The van der Waals surface area contributed by atoms with Crippen LogP contribution in [0.3, 0.4) is 0 Å². The SMILES string of the molecule is CC1=C(C#N)C(c2ccc3[nH]ncc3c2)C(C#N)=C(C)N1CCO. The fourth-order valence-corrected chi connectivity index (χ4v) is 3.30. The molecule has 0 saturated heterocycles. The van der Waals surface area contributed by atoms with E-state index in [0.29, 0.717) is 17.7 Å². The average Bonchev–Trinajstić information content (AvgIpc) is 3.05. The lowest BCUT2D eigenvalue weighted by atomic mass is 9.80. The normalized spacial score (nSPS) is 15.8. The Morgan fingerprint density at radius 3 is 2.46 bits per heavy atom. The second-order valence-electron chi connectivity index (χ2n) is 5.75. The first-order chi connectivity index (χ1) is 11.6. The summed E-state index contributed by atoms with van der Waals surface area (Å²) in [7, 11) is 0. The van der Waals surface area contributed by atoms with Crippen LogP contribution in [0, 0.1) is 22.7 Å². The molecule has 1 aliphatic heterocycles. The van der Waals surface area contributed by atoms with Gasteiger partial charge in [0.05, 0.1) is 47.5 Å². The van der Waals surface area contributed by atoms with Crippen LogP contribution in [0.4, 0.5) is 0 Å². The first-order valence-corrected chi connectivity index (χ1v) is 7.65. The fourth-order valence-electron chi connectivity index (χ4n) is 3.30. The summed E-state index contributed by atoms with van der Waals surface area (Å²) in [6.07, 6.45) is 1.73. The maximum absolute atomic E-state index is 9.70. The predicted octanol–water partition coefficient (Wildman–Crippen LogP) is 2.55. The maximum atomic E-state index is 9.70. The van der Waals surface area contributed by atoms with Gasteiger partial charge in [-0.1, -0.05) is 6.07 Å². The summed E-state index contributed by atoms with van der Waals surface area (Å²) in [6, 6.07) is 10.3. The molecule has 24 heavy (non-hydrogen) atoms. The molecule has 0 radical (unpaired) electrons. The number of hydrogen-bond acceptors (Lipinski definition) is 5. The van der Waals surface area contributed by atoms with Gasteiger partial charge in [0.2, 0.25) is 0 Å². The van der Waals surface area contributed by atoms with Crippen molar-refractivity contribution >= 4 is 10.9 Å². The minimum atomic E-state index is -0.394. The molecule has 2 N–H and O–H groups in total. The quantitative estimate of drug-likeness (QED) is 0.905. The molecule has 2 heterocycles. The van der Waals surface area contributed by atoms with Gasteiger partial charge in [-0.05, 0) is 31.5 Å². The number of aromatic amines is 1. The lowest BCUT2D eigenvalue weighted by molar-refractivity contribution is 0.246. The molecule has 0 unspecified atom stereocenters. The number of allylic oxidation sites excluding steroid dienone is 4. The highest BCUT2D eigenvalue weighted by Crippen LogP contribution is 2.41. The van der Waals surface area contributed by atoms with Crippen molar-refractivity contribution in [2.45, 2.75) is 19.8 Å². The van der Waals surface area contributed by atoms with E-state index in [9.17, 15) is 15.6 Å². The second-order valence-corrected chi connectivity index (χ2v) is 5.75. The largest absolute Gasteiger partial charge is 0.395 e. The van der Waals surface area contributed by atoms with E-state index in [1.54, 1.807) is 6.20 Å². The summed E-state index contributed by atoms with van der Waals surface area (Å²) in [4.78, 5) is 1.84. The number of fused-ring (bicyclic) bond motifs is 1. The van der Waals surface area contributed by atoms with E-state index in [1.807, 2.05) is 36.9 Å². The van der Waals surface area contributed by atoms with Crippen molar-refractivity contribution in [3.8, 4) is 12.1 Å². The van der Waals surface area contributed by atoms with E-state index in [2.05, 4.69) is 22.3 Å². The number of benzene rings is 1. The van der Waals surface area contributed by atoms with Crippen molar-refractivity contribution in [2.24, 2.45) is 0 Å². The van der Waals surface area contributed by atoms with E-state index in [-0.39, 0.29) is 6.61 Å². The zero-order valence-corrected chi connectivity index (χ0v) is 13.5. The molecule has 3 rings (SSSR count). The highest BCUT2D eigenvalue weighted by Gasteiger charge is 2.33. The van der Waals surface area contributed by atoms with Crippen molar-refractivity contribution in [1.29, 1.82) is 10.5 Å². The van der Waals surface area contributed by atoms with Crippen molar-refractivity contribution in [2.75, 3.05) is 13.2 Å². The number of nitriles is 2. The van der Waals surface area contributed by atoms with Crippen LogP contribution in [0.1, 0.15) is 25.3 Å². The molecule has 0 atom stereocenters. The summed E-state index contributed by atoms with van der Waals surface area (Å²) in [5, 5.41) is 36.6. The van der Waals surface area contributed by atoms with Crippen LogP contribution in [0.15, 0.2) is 46.9 Å². The number of aromatic nitrogens is 2. The van der Waals surface area contributed by atoms with Gasteiger partial charge in [-0.25, -0.2) is 0 Å². The zero-order chi connectivity index (χ0) is 17.3. The molecule has 1 aromatic carbocycles. The molecule has 120 valence electrons. The van der Waals surface area contributed by atoms with Crippen LogP contribution in [0.2, 0.25) is 0 Å².